The van der Waals surface area contributed by atoms with Gasteiger partial charge in [-0.1, -0.05) is 152 Å². The second-order valence-corrected chi connectivity index (χ2v) is 16.6. The first-order chi connectivity index (χ1) is 30.7. The van der Waals surface area contributed by atoms with Gasteiger partial charge in [0.2, 0.25) is 0 Å². The summed E-state index contributed by atoms with van der Waals surface area (Å²) in [5.74, 6) is 0.707. The lowest BCUT2D eigenvalue weighted by atomic mass is 9.97. The first-order valence-electron chi connectivity index (χ1n) is 21.2. The Morgan fingerprint density at radius 2 is 0.565 bits per heavy atom. The Morgan fingerprint density at radius 3 is 0.935 bits per heavy atom. The Hall–Kier alpha value is -8.34. The molecule has 0 aliphatic rings. The van der Waals surface area contributed by atoms with Gasteiger partial charge < -0.3 is 8.80 Å². The van der Waals surface area contributed by atoms with Crippen LogP contribution in [-0.4, -0.2) is 18.8 Å². The third-order valence-electron chi connectivity index (χ3n) is 13.2. The fourth-order valence-electron chi connectivity index (χ4n) is 10.4. The van der Waals surface area contributed by atoms with Crippen molar-refractivity contribution in [1.82, 2.24) is 18.8 Å². The van der Waals surface area contributed by atoms with Crippen molar-refractivity contribution in [3.63, 3.8) is 0 Å². The maximum Gasteiger partial charge on any atom is 0.160 e. The van der Waals surface area contributed by atoms with Crippen molar-refractivity contribution in [2.45, 2.75) is 0 Å². The van der Waals surface area contributed by atoms with Crippen molar-refractivity contribution < 1.29 is 0 Å². The van der Waals surface area contributed by atoms with Gasteiger partial charge in [-0.3, -0.25) is 0 Å². The van der Waals surface area contributed by atoms with E-state index in [4.69, 9.17) is 9.97 Å². The van der Waals surface area contributed by atoms with Crippen molar-refractivity contribution in [2.24, 2.45) is 0 Å². The highest BCUT2D eigenvalue weighted by molar-refractivity contribution is 6.25. The highest BCUT2D eigenvalue weighted by atomic mass is 14.9. The summed E-state index contributed by atoms with van der Waals surface area (Å²) in [5.41, 5.74) is 17.2. The van der Waals surface area contributed by atoms with E-state index in [-0.39, 0.29) is 0 Å². The Kier molecular flexibility index (Phi) is 6.80. The van der Waals surface area contributed by atoms with Crippen molar-refractivity contribution in [1.29, 1.82) is 0 Å². The predicted molar refractivity (Wildman–Crippen MR) is 259 cm³/mol. The zero-order valence-electron chi connectivity index (χ0n) is 33.4. The van der Waals surface area contributed by atoms with Gasteiger partial charge in [-0.25, -0.2) is 9.97 Å². The number of benzene rings is 9. The maximum absolute atomic E-state index is 5.17. The number of hydrogen-bond acceptors (Lipinski definition) is 2. The molecule has 5 aromatic heterocycles. The summed E-state index contributed by atoms with van der Waals surface area (Å²) in [6.07, 6.45) is 0. The van der Waals surface area contributed by atoms with Crippen LogP contribution in [0.4, 0.5) is 0 Å². The van der Waals surface area contributed by atoms with Crippen LogP contribution >= 0.6 is 0 Å². The van der Waals surface area contributed by atoms with E-state index in [9.17, 15) is 0 Å². The largest absolute Gasteiger partial charge is 0.308 e. The molecule has 0 saturated carbocycles. The number of hydrogen-bond donors (Lipinski definition) is 0. The Balaban J connectivity index is 0.867. The Labute approximate surface area is 355 Å². The molecule has 4 nitrogen and oxygen atoms in total. The van der Waals surface area contributed by atoms with E-state index in [0.29, 0.717) is 5.82 Å². The third kappa shape index (κ3) is 4.72. The van der Waals surface area contributed by atoms with E-state index < -0.39 is 0 Å². The third-order valence-corrected chi connectivity index (χ3v) is 13.2. The van der Waals surface area contributed by atoms with Gasteiger partial charge in [-0.05, 0) is 76.9 Å². The zero-order valence-corrected chi connectivity index (χ0v) is 33.4. The molecule has 0 amide bonds. The van der Waals surface area contributed by atoms with Crippen LogP contribution in [0.3, 0.4) is 0 Å². The summed E-state index contributed by atoms with van der Waals surface area (Å²) < 4.78 is 4.86. The Bertz CT molecular complexity index is 3650. The van der Waals surface area contributed by atoms with Gasteiger partial charge in [0.05, 0.1) is 44.5 Å². The molecule has 0 atom stereocenters. The van der Waals surface area contributed by atoms with Crippen LogP contribution in [0.5, 0.6) is 0 Å². The molecule has 0 bridgehead atoms. The van der Waals surface area contributed by atoms with Crippen LogP contribution in [0.2, 0.25) is 0 Å². The lowest BCUT2D eigenvalue weighted by Gasteiger charge is -2.11. The van der Waals surface area contributed by atoms with Crippen LogP contribution in [0.15, 0.2) is 206 Å². The predicted octanol–water partition coefficient (Wildman–Crippen LogP) is 15.1. The summed E-state index contributed by atoms with van der Waals surface area (Å²) in [7, 11) is 0. The molecule has 0 fully saturated rings. The van der Waals surface area contributed by atoms with Crippen molar-refractivity contribution in [3.05, 3.63) is 206 Å². The normalized spacial score (nSPS) is 12.2. The lowest BCUT2D eigenvalue weighted by molar-refractivity contribution is 1.18. The minimum atomic E-state index is 0.707. The molecule has 0 saturated heterocycles. The molecule has 0 unspecified atom stereocenters. The van der Waals surface area contributed by atoms with E-state index in [2.05, 4.69) is 197 Å². The number of fused-ring (bicyclic) bond motifs is 12. The van der Waals surface area contributed by atoms with E-state index in [0.717, 1.165) is 28.1 Å². The molecule has 0 radical (unpaired) electrons. The first-order valence-corrected chi connectivity index (χ1v) is 21.2. The van der Waals surface area contributed by atoms with Crippen LogP contribution in [0.1, 0.15) is 0 Å². The van der Waals surface area contributed by atoms with Gasteiger partial charge >= 0.3 is 0 Å². The van der Waals surface area contributed by atoms with Gasteiger partial charge in [0.15, 0.2) is 5.82 Å². The minimum absolute atomic E-state index is 0.707. The second kappa shape index (κ2) is 12.6. The minimum Gasteiger partial charge on any atom is -0.308 e. The highest BCUT2D eigenvalue weighted by Gasteiger charge is 2.21. The van der Waals surface area contributed by atoms with Crippen LogP contribution in [-0.2, 0) is 0 Å². The summed E-state index contributed by atoms with van der Waals surface area (Å²) >= 11 is 0. The number of para-hydroxylation sites is 4. The molecule has 14 rings (SSSR count). The van der Waals surface area contributed by atoms with Crippen molar-refractivity contribution >= 4 is 76.2 Å². The van der Waals surface area contributed by atoms with Gasteiger partial charge in [0, 0.05) is 59.8 Å². The fraction of sp³-hybridized carbons (Fsp3) is 0. The molecular formula is C58H34N4. The quantitative estimate of drug-likeness (QED) is 0.174. The summed E-state index contributed by atoms with van der Waals surface area (Å²) in [6.45, 7) is 0. The van der Waals surface area contributed by atoms with Crippen LogP contribution in [0, 0.1) is 0 Å². The first kappa shape index (κ1) is 33.5. The molecule has 0 N–H and O–H groups in total. The van der Waals surface area contributed by atoms with E-state index in [1.54, 1.807) is 0 Å². The molecule has 286 valence electrons. The van der Waals surface area contributed by atoms with E-state index in [1.165, 1.54) is 98.4 Å². The van der Waals surface area contributed by atoms with E-state index >= 15 is 0 Å². The average Bonchev–Trinajstić information content (AvgIpc) is 4.08. The Morgan fingerprint density at radius 1 is 0.242 bits per heavy atom. The van der Waals surface area contributed by atoms with Crippen molar-refractivity contribution in [2.75, 3.05) is 0 Å². The highest BCUT2D eigenvalue weighted by Crippen LogP contribution is 2.44. The molecule has 9 aromatic carbocycles. The molecule has 0 spiro atoms. The second-order valence-electron chi connectivity index (χ2n) is 16.6. The van der Waals surface area contributed by atoms with Crippen LogP contribution < -0.4 is 0 Å². The SMILES string of the molecule is c1ccc(-c2nc(-c3ccc(-c4cc5c6ccccc6n6c7ccccc7c(c4)c56)cc3)cc(-c3ccc(-c4cc5c6ccccc6n6c7ccccc7c(c4)c56)cc3)n2)cc1. The topological polar surface area (TPSA) is 34.6 Å². The molecular weight excluding hydrogens is 753 g/mol. The standard InChI is InChI=1S/C58H34N4/c1-2-12-39(13-3-1)58-59-50(37-26-22-35(23-27-37)40-30-46-42-14-4-8-18-52(42)61-53-19-9-5-15-43(53)47(31-40)56(46)61)34-51(60-58)38-28-24-36(25-29-38)41-32-48-44-16-6-10-20-54(44)62-55-21-11-7-17-45(55)49(33-41)57(48)62/h1-34H. The fourth-order valence-corrected chi connectivity index (χ4v) is 10.4. The lowest BCUT2D eigenvalue weighted by Crippen LogP contribution is -1.96. The van der Waals surface area contributed by atoms with Gasteiger partial charge in [0.1, 0.15) is 0 Å². The molecule has 0 aliphatic heterocycles. The number of aromatic nitrogens is 4. The van der Waals surface area contributed by atoms with E-state index in [1.807, 2.05) is 18.2 Å². The van der Waals surface area contributed by atoms with Gasteiger partial charge in [-0.15, -0.1) is 0 Å². The van der Waals surface area contributed by atoms with Gasteiger partial charge in [0.25, 0.3) is 0 Å². The molecule has 5 heterocycles. The van der Waals surface area contributed by atoms with Gasteiger partial charge in [-0.2, -0.15) is 0 Å². The number of nitrogens with zero attached hydrogens (tertiary/aromatic N) is 4. The zero-order chi connectivity index (χ0) is 40.5. The molecule has 14 aromatic rings. The summed E-state index contributed by atoms with van der Waals surface area (Å²) in [6, 6.07) is 74.7. The van der Waals surface area contributed by atoms with Crippen LogP contribution in [0.25, 0.3) is 132 Å². The summed E-state index contributed by atoms with van der Waals surface area (Å²) in [5, 5.41) is 10.2. The average molecular weight is 787 g/mol. The molecule has 62 heavy (non-hydrogen) atoms. The summed E-state index contributed by atoms with van der Waals surface area (Å²) in [4.78, 5) is 10.3. The monoisotopic (exact) mass is 786 g/mol. The smallest absolute Gasteiger partial charge is 0.160 e. The molecule has 0 aliphatic carbocycles. The number of rotatable bonds is 5. The van der Waals surface area contributed by atoms with Crippen molar-refractivity contribution in [3.8, 4) is 56.2 Å². The molecule has 4 heteroatoms. The maximum atomic E-state index is 5.17.